The maximum Gasteiger partial charge on any atom is 0.277 e. The fourth-order valence-corrected chi connectivity index (χ4v) is 6.62. The van der Waals surface area contributed by atoms with E-state index in [1.807, 2.05) is 24.3 Å². The number of carbonyl (C=O) groups excluding carboxylic acids is 1. The molecule has 0 spiro atoms. The molecule has 0 aliphatic carbocycles. The molecule has 6 rings (SSSR count). The number of fused-ring (bicyclic) bond motifs is 1. The highest BCUT2D eigenvalue weighted by molar-refractivity contribution is 6.39. The molecule has 1 atom stereocenters. The number of hydrogen-bond acceptors (Lipinski definition) is 7. The lowest BCUT2D eigenvalue weighted by molar-refractivity contribution is -0.119. The zero-order chi connectivity index (χ0) is 34.7. The Balaban J connectivity index is 1.29. The second-order valence-electron chi connectivity index (χ2n) is 11.8. The number of amides is 1. The molecule has 49 heavy (non-hydrogen) atoms. The van der Waals surface area contributed by atoms with Crippen LogP contribution in [0.3, 0.4) is 0 Å². The number of pyridine rings is 1. The Morgan fingerprint density at radius 1 is 1.02 bits per heavy atom. The lowest BCUT2D eigenvalue weighted by Crippen LogP contribution is -2.35. The number of alkyl halides is 1. The lowest BCUT2D eigenvalue weighted by Gasteiger charge is -2.16. The number of halogens is 4. The Labute approximate surface area is 291 Å². The van der Waals surface area contributed by atoms with Crippen molar-refractivity contribution in [1.82, 2.24) is 35.1 Å². The number of aromatic nitrogens is 4. The van der Waals surface area contributed by atoms with Crippen molar-refractivity contribution < 1.29 is 18.3 Å². The predicted octanol–water partition coefficient (Wildman–Crippen LogP) is 5.70. The molecular weight excluding hydrogens is 675 g/mol. The summed E-state index contributed by atoms with van der Waals surface area (Å²) < 4.78 is 36.5. The van der Waals surface area contributed by atoms with E-state index in [-0.39, 0.29) is 41.2 Å². The first-order valence-corrected chi connectivity index (χ1v) is 16.6. The van der Waals surface area contributed by atoms with Gasteiger partial charge in [-0.3, -0.25) is 18.5 Å². The smallest absolute Gasteiger partial charge is 0.277 e. The van der Waals surface area contributed by atoms with Gasteiger partial charge in [-0.15, -0.1) is 0 Å². The molecule has 0 radical (unpaired) electrons. The standard InChI is InChI=1S/C35H35Cl2F2N7O3/c1-45-30(18-40-13-5-12-38)44-46-19-20(14-29(46)35(45)48)22-6-3-7-23(32(22)36)24-8-4-9-25(33(24)37)28-15-27(39)26(34(43-28)49-2)17-41-16-21-10-11-31(47)42-21/h3-4,6-9,14-15,19,21,40-41H,5,10-13,16-18H2,1-2H3,(H,42,47)/t21-/m1/s1. The monoisotopic (exact) mass is 709 g/mol. The summed E-state index contributed by atoms with van der Waals surface area (Å²) >= 11 is 14.0. The van der Waals surface area contributed by atoms with Gasteiger partial charge in [0.25, 0.3) is 5.56 Å². The first kappa shape index (κ1) is 34.5. The van der Waals surface area contributed by atoms with Crippen LogP contribution in [0.4, 0.5) is 8.78 Å². The van der Waals surface area contributed by atoms with Gasteiger partial charge in [0.2, 0.25) is 11.8 Å². The van der Waals surface area contributed by atoms with Gasteiger partial charge in [-0.2, -0.15) is 5.10 Å². The zero-order valence-electron chi connectivity index (χ0n) is 27.0. The molecule has 1 aliphatic heterocycles. The third kappa shape index (κ3) is 7.18. The molecule has 3 aromatic heterocycles. The molecule has 0 saturated carbocycles. The van der Waals surface area contributed by atoms with Crippen LogP contribution in [0.5, 0.6) is 5.88 Å². The van der Waals surface area contributed by atoms with E-state index >= 15 is 4.39 Å². The van der Waals surface area contributed by atoms with Gasteiger partial charge >= 0.3 is 0 Å². The summed E-state index contributed by atoms with van der Waals surface area (Å²) in [4.78, 5) is 29.3. The number of hydrogen-bond donors (Lipinski definition) is 3. The quantitative estimate of drug-likeness (QED) is 0.134. The van der Waals surface area contributed by atoms with Gasteiger partial charge in [0.15, 0.2) is 0 Å². The molecule has 4 heterocycles. The minimum Gasteiger partial charge on any atom is -0.481 e. The highest BCUT2D eigenvalue weighted by Crippen LogP contribution is 2.42. The van der Waals surface area contributed by atoms with Crippen molar-refractivity contribution in [1.29, 1.82) is 0 Å². The molecule has 0 unspecified atom stereocenters. The molecule has 1 saturated heterocycles. The first-order valence-electron chi connectivity index (χ1n) is 15.9. The molecule has 0 bridgehead atoms. The van der Waals surface area contributed by atoms with Crippen molar-refractivity contribution in [3.63, 3.8) is 0 Å². The van der Waals surface area contributed by atoms with Gasteiger partial charge < -0.3 is 20.7 Å². The maximum atomic E-state index is 15.5. The summed E-state index contributed by atoms with van der Waals surface area (Å²) in [7, 11) is 3.08. The van der Waals surface area contributed by atoms with Gasteiger partial charge in [0, 0.05) is 72.7 Å². The highest BCUT2D eigenvalue weighted by Gasteiger charge is 2.23. The SMILES string of the molecule is COc1nc(-c2cccc(-c3cccc(-c4cc5c(=O)n(C)c(CNCCCF)nn5c4)c3Cl)c2Cl)cc(F)c1CNC[C@H]1CCC(=O)N1. The minimum absolute atomic E-state index is 0.00163. The summed E-state index contributed by atoms with van der Waals surface area (Å²) in [6.45, 7) is 1.02. The average molecular weight is 711 g/mol. The Bertz CT molecular complexity index is 2090. The number of ether oxygens (including phenoxy) is 1. The summed E-state index contributed by atoms with van der Waals surface area (Å²) in [5.74, 6) is 0.138. The van der Waals surface area contributed by atoms with Crippen LogP contribution >= 0.6 is 23.2 Å². The van der Waals surface area contributed by atoms with E-state index in [1.165, 1.54) is 22.3 Å². The van der Waals surface area contributed by atoms with Crippen LogP contribution in [-0.2, 0) is 24.9 Å². The maximum absolute atomic E-state index is 15.5. The number of carbonyl (C=O) groups is 1. The summed E-state index contributed by atoms with van der Waals surface area (Å²) in [5, 5.41) is 14.5. The second-order valence-corrected chi connectivity index (χ2v) is 12.6. The number of benzene rings is 2. The van der Waals surface area contributed by atoms with Crippen molar-refractivity contribution in [3.8, 4) is 39.4 Å². The molecule has 14 heteroatoms. The molecular formula is C35H35Cl2F2N7O3. The van der Waals surface area contributed by atoms with E-state index < -0.39 is 12.5 Å². The van der Waals surface area contributed by atoms with Gasteiger partial charge in [-0.05, 0) is 25.5 Å². The third-order valence-corrected chi connectivity index (χ3v) is 9.40. The van der Waals surface area contributed by atoms with Crippen molar-refractivity contribution in [3.05, 3.63) is 92.3 Å². The molecule has 1 amide bonds. The fourth-order valence-electron chi connectivity index (χ4n) is 5.96. The van der Waals surface area contributed by atoms with E-state index in [2.05, 4.69) is 26.0 Å². The first-order chi connectivity index (χ1) is 23.7. The summed E-state index contributed by atoms with van der Waals surface area (Å²) in [6.07, 6.45) is 3.33. The van der Waals surface area contributed by atoms with Gasteiger partial charge in [0.1, 0.15) is 17.2 Å². The predicted molar refractivity (Wildman–Crippen MR) is 186 cm³/mol. The molecule has 3 N–H and O–H groups in total. The third-order valence-electron chi connectivity index (χ3n) is 8.58. The van der Waals surface area contributed by atoms with Crippen LogP contribution in [0.25, 0.3) is 39.0 Å². The van der Waals surface area contributed by atoms with Crippen LogP contribution in [0.2, 0.25) is 10.0 Å². The molecule has 1 aliphatic rings. The largest absolute Gasteiger partial charge is 0.481 e. The Kier molecular flexibility index (Phi) is 10.6. The lowest BCUT2D eigenvalue weighted by atomic mass is 9.97. The van der Waals surface area contributed by atoms with Crippen molar-refractivity contribution in [2.24, 2.45) is 7.05 Å². The normalized spacial score (nSPS) is 14.5. The molecule has 2 aromatic carbocycles. The van der Waals surface area contributed by atoms with Crippen LogP contribution in [0.15, 0.2) is 59.5 Å². The number of nitrogens with one attached hydrogen (secondary N) is 3. The molecule has 256 valence electrons. The van der Waals surface area contributed by atoms with Crippen molar-refractivity contribution >= 4 is 34.6 Å². The second kappa shape index (κ2) is 15.0. The molecule has 1 fully saturated rings. The Morgan fingerprint density at radius 2 is 1.73 bits per heavy atom. The van der Waals surface area contributed by atoms with Crippen molar-refractivity contribution in [2.75, 3.05) is 26.9 Å². The van der Waals surface area contributed by atoms with E-state index in [9.17, 15) is 14.0 Å². The van der Waals surface area contributed by atoms with Crippen LogP contribution in [0.1, 0.15) is 30.7 Å². The van der Waals surface area contributed by atoms with E-state index in [0.29, 0.717) is 81.7 Å². The fraction of sp³-hybridized carbons (Fsp3) is 0.314. The summed E-state index contributed by atoms with van der Waals surface area (Å²) in [5.41, 5.74) is 3.77. The van der Waals surface area contributed by atoms with Gasteiger partial charge in [-0.1, -0.05) is 59.6 Å². The average Bonchev–Trinajstić information content (AvgIpc) is 3.72. The zero-order valence-corrected chi connectivity index (χ0v) is 28.5. The number of nitrogens with zero attached hydrogens (tertiary/aromatic N) is 4. The van der Waals surface area contributed by atoms with Gasteiger partial charge in [-0.25, -0.2) is 13.9 Å². The Morgan fingerprint density at radius 3 is 2.43 bits per heavy atom. The van der Waals surface area contributed by atoms with Crippen LogP contribution in [0, 0.1) is 5.82 Å². The van der Waals surface area contributed by atoms with E-state index in [1.54, 1.807) is 31.4 Å². The van der Waals surface area contributed by atoms with E-state index in [4.69, 9.17) is 27.9 Å². The molecule has 10 nitrogen and oxygen atoms in total. The summed E-state index contributed by atoms with van der Waals surface area (Å²) in [6, 6.07) is 13.9. The minimum atomic E-state index is -0.509. The van der Waals surface area contributed by atoms with E-state index in [0.717, 1.165) is 6.42 Å². The number of rotatable bonds is 13. The van der Waals surface area contributed by atoms with Gasteiger partial charge in [0.05, 0.1) is 41.6 Å². The van der Waals surface area contributed by atoms with Crippen LogP contribution < -0.4 is 26.2 Å². The van der Waals surface area contributed by atoms with Crippen molar-refractivity contribution in [2.45, 2.75) is 38.4 Å². The van der Waals surface area contributed by atoms with Crippen LogP contribution in [-0.4, -0.2) is 58.0 Å². The number of methoxy groups -OCH3 is 1. The topological polar surface area (TPSA) is 115 Å². The highest BCUT2D eigenvalue weighted by atomic mass is 35.5. The molecule has 5 aromatic rings. The Hall–Kier alpha value is -4.36.